The second-order valence-electron chi connectivity index (χ2n) is 6.92. The number of aromatic nitrogens is 2. The number of nitrogens with zero attached hydrogens (tertiary/aromatic N) is 3. The van der Waals surface area contributed by atoms with Gasteiger partial charge in [0, 0.05) is 49.1 Å². The van der Waals surface area contributed by atoms with Crippen LogP contribution >= 0.6 is 11.3 Å². The van der Waals surface area contributed by atoms with E-state index in [1.165, 1.54) is 11.3 Å². The molecule has 9 heteroatoms. The van der Waals surface area contributed by atoms with E-state index < -0.39 is 15.8 Å². The Balaban J connectivity index is 1.54. The minimum absolute atomic E-state index is 0.213. The molecule has 26 heavy (non-hydrogen) atoms. The molecule has 2 aromatic heterocycles. The number of hydrogen-bond acceptors (Lipinski definition) is 6. The first-order chi connectivity index (χ1) is 12.4. The Labute approximate surface area is 157 Å². The summed E-state index contributed by atoms with van der Waals surface area (Å²) in [6.07, 6.45) is 2.89. The zero-order valence-corrected chi connectivity index (χ0v) is 16.6. The van der Waals surface area contributed by atoms with E-state index in [9.17, 15) is 8.42 Å². The van der Waals surface area contributed by atoms with Gasteiger partial charge in [-0.1, -0.05) is 0 Å². The summed E-state index contributed by atoms with van der Waals surface area (Å²) in [6, 6.07) is 3.88. The highest BCUT2D eigenvalue weighted by atomic mass is 32.2. The fourth-order valence-electron chi connectivity index (χ4n) is 3.52. The molecule has 4 heterocycles. The predicted octanol–water partition coefficient (Wildman–Crippen LogP) is 2.72. The summed E-state index contributed by atoms with van der Waals surface area (Å²) in [5.74, 6) is -0.573. The van der Waals surface area contributed by atoms with Gasteiger partial charge in [0.15, 0.2) is 5.79 Å². The van der Waals surface area contributed by atoms with Gasteiger partial charge in [-0.3, -0.25) is 4.68 Å². The highest BCUT2D eigenvalue weighted by Crippen LogP contribution is 2.36. The maximum absolute atomic E-state index is 13.0. The van der Waals surface area contributed by atoms with E-state index >= 15 is 0 Å². The molecule has 2 aromatic rings. The Morgan fingerprint density at radius 1 is 1.23 bits per heavy atom. The Kier molecular flexibility index (Phi) is 4.68. The lowest BCUT2D eigenvalue weighted by atomic mass is 10.1. The van der Waals surface area contributed by atoms with Crippen LogP contribution in [0, 0.1) is 0 Å². The molecule has 142 valence electrons. The molecule has 0 unspecified atom stereocenters. The van der Waals surface area contributed by atoms with Crippen LogP contribution in [0.2, 0.25) is 0 Å². The summed E-state index contributed by atoms with van der Waals surface area (Å²) < 4.78 is 41.2. The summed E-state index contributed by atoms with van der Waals surface area (Å²) in [5, 5.41) is 6.21. The summed E-state index contributed by atoms with van der Waals surface area (Å²) in [5.41, 5.74) is 1.82. The summed E-state index contributed by atoms with van der Waals surface area (Å²) in [7, 11) is -3.50. The number of rotatable bonds is 4. The minimum Gasteiger partial charge on any atom is -0.347 e. The Morgan fingerprint density at radius 3 is 2.58 bits per heavy atom. The van der Waals surface area contributed by atoms with Crippen LogP contribution in [0.25, 0.3) is 11.3 Å². The molecule has 0 aromatic carbocycles. The molecule has 2 aliphatic rings. The van der Waals surface area contributed by atoms with Crippen LogP contribution in [0.15, 0.2) is 27.9 Å². The van der Waals surface area contributed by atoms with Crippen molar-refractivity contribution in [2.24, 2.45) is 0 Å². The van der Waals surface area contributed by atoms with Gasteiger partial charge in [-0.2, -0.15) is 9.40 Å². The molecule has 0 N–H and O–H groups in total. The molecule has 0 radical (unpaired) electrons. The van der Waals surface area contributed by atoms with E-state index in [4.69, 9.17) is 9.47 Å². The van der Waals surface area contributed by atoms with Gasteiger partial charge in [0.25, 0.3) is 10.0 Å². The average Bonchev–Trinajstić information content (AvgIpc) is 3.35. The van der Waals surface area contributed by atoms with Crippen LogP contribution in [0.4, 0.5) is 0 Å². The fourth-order valence-corrected chi connectivity index (χ4v) is 6.29. The Hall–Kier alpha value is -1.26. The van der Waals surface area contributed by atoms with Crippen molar-refractivity contribution in [2.45, 2.75) is 42.7 Å². The Bertz CT molecular complexity index is 871. The summed E-state index contributed by atoms with van der Waals surface area (Å²) in [6.45, 7) is 6.11. The highest BCUT2D eigenvalue weighted by Gasteiger charge is 2.43. The zero-order chi connectivity index (χ0) is 18.4. The molecule has 2 saturated heterocycles. The lowest BCUT2D eigenvalue weighted by molar-refractivity contribution is -0.179. The third kappa shape index (κ3) is 3.11. The van der Waals surface area contributed by atoms with Gasteiger partial charge in [-0.15, -0.1) is 11.3 Å². The average molecular weight is 398 g/mol. The monoisotopic (exact) mass is 397 g/mol. The van der Waals surface area contributed by atoms with Crippen molar-refractivity contribution >= 4 is 21.4 Å². The van der Waals surface area contributed by atoms with Crippen molar-refractivity contribution < 1.29 is 17.9 Å². The molecular weight excluding hydrogens is 374 g/mol. The van der Waals surface area contributed by atoms with E-state index in [-0.39, 0.29) is 6.04 Å². The Morgan fingerprint density at radius 2 is 1.92 bits per heavy atom. The van der Waals surface area contributed by atoms with E-state index in [2.05, 4.69) is 18.9 Å². The van der Waals surface area contributed by atoms with Gasteiger partial charge >= 0.3 is 0 Å². The smallest absolute Gasteiger partial charge is 0.252 e. The first-order valence-corrected chi connectivity index (χ1v) is 11.1. The molecule has 0 atom stereocenters. The normalized spacial score (nSPS) is 21.0. The number of piperidine rings is 1. The zero-order valence-electron chi connectivity index (χ0n) is 14.9. The minimum atomic E-state index is -3.50. The molecule has 0 bridgehead atoms. The van der Waals surface area contributed by atoms with Crippen LogP contribution < -0.4 is 0 Å². The van der Waals surface area contributed by atoms with E-state index in [0.717, 1.165) is 11.3 Å². The quantitative estimate of drug-likeness (QED) is 0.793. The molecule has 0 saturated carbocycles. The lowest BCUT2D eigenvalue weighted by Gasteiger charge is -2.36. The van der Waals surface area contributed by atoms with Gasteiger partial charge in [-0.05, 0) is 26.0 Å². The first-order valence-electron chi connectivity index (χ1n) is 8.82. The third-order valence-electron chi connectivity index (χ3n) is 4.92. The number of hydrogen-bond donors (Lipinski definition) is 0. The van der Waals surface area contributed by atoms with Gasteiger partial charge < -0.3 is 9.47 Å². The highest BCUT2D eigenvalue weighted by molar-refractivity contribution is 7.91. The van der Waals surface area contributed by atoms with Crippen molar-refractivity contribution in [3.05, 3.63) is 23.7 Å². The summed E-state index contributed by atoms with van der Waals surface area (Å²) >= 11 is 1.26. The van der Waals surface area contributed by atoms with Crippen molar-refractivity contribution in [3.63, 3.8) is 0 Å². The number of thiophene rings is 1. The molecule has 1 spiro atoms. The predicted molar refractivity (Wildman–Crippen MR) is 98.6 cm³/mol. The standard InChI is InChI=1S/C17H23N3O4S2/c1-13(2)20-15(3-6-18-20)14-11-16(25-12-14)26(21,22)19-7-4-17(5-8-19)23-9-10-24-17/h3,6,11-13H,4-5,7-10H2,1-2H3. The van der Waals surface area contributed by atoms with Crippen molar-refractivity contribution in [1.29, 1.82) is 0 Å². The van der Waals surface area contributed by atoms with E-state index in [0.29, 0.717) is 43.4 Å². The van der Waals surface area contributed by atoms with E-state index in [1.807, 2.05) is 16.1 Å². The summed E-state index contributed by atoms with van der Waals surface area (Å²) in [4.78, 5) is 0. The second-order valence-corrected chi connectivity index (χ2v) is 10.00. The lowest BCUT2D eigenvalue weighted by Crippen LogP contribution is -2.47. The molecular formula is C17H23N3O4S2. The third-order valence-corrected chi connectivity index (χ3v) is 8.24. The SMILES string of the molecule is CC(C)n1nccc1-c1csc(S(=O)(=O)N2CCC3(CC2)OCCO3)c1. The molecule has 0 amide bonds. The van der Waals surface area contributed by atoms with Crippen molar-refractivity contribution in [2.75, 3.05) is 26.3 Å². The van der Waals surface area contributed by atoms with Gasteiger partial charge in [0.1, 0.15) is 4.21 Å². The van der Waals surface area contributed by atoms with Gasteiger partial charge in [0.2, 0.25) is 0 Å². The molecule has 0 aliphatic carbocycles. The fraction of sp³-hybridized carbons (Fsp3) is 0.588. The number of sulfonamides is 1. The molecule has 7 nitrogen and oxygen atoms in total. The van der Waals surface area contributed by atoms with Gasteiger partial charge in [-0.25, -0.2) is 8.42 Å². The number of ether oxygens (including phenoxy) is 2. The first kappa shape index (κ1) is 18.1. The van der Waals surface area contributed by atoms with Crippen LogP contribution in [0.3, 0.4) is 0 Å². The van der Waals surface area contributed by atoms with Crippen LogP contribution in [0.5, 0.6) is 0 Å². The van der Waals surface area contributed by atoms with Crippen LogP contribution in [0.1, 0.15) is 32.7 Å². The second kappa shape index (κ2) is 6.72. The molecule has 2 aliphatic heterocycles. The van der Waals surface area contributed by atoms with Crippen molar-refractivity contribution in [1.82, 2.24) is 14.1 Å². The largest absolute Gasteiger partial charge is 0.347 e. The van der Waals surface area contributed by atoms with Crippen LogP contribution in [-0.4, -0.2) is 54.6 Å². The van der Waals surface area contributed by atoms with Gasteiger partial charge in [0.05, 0.1) is 18.9 Å². The maximum Gasteiger partial charge on any atom is 0.252 e. The topological polar surface area (TPSA) is 73.7 Å². The molecule has 2 fully saturated rings. The molecule has 4 rings (SSSR count). The van der Waals surface area contributed by atoms with Crippen molar-refractivity contribution in [3.8, 4) is 11.3 Å². The maximum atomic E-state index is 13.0. The van der Waals surface area contributed by atoms with Crippen LogP contribution in [-0.2, 0) is 19.5 Å². The van der Waals surface area contributed by atoms with E-state index in [1.54, 1.807) is 16.6 Å².